The first-order valence-electron chi connectivity index (χ1n) is 6.98. The average Bonchev–Trinajstić information content (AvgIpc) is 2.54. The Hall–Kier alpha value is -2.70. The lowest BCUT2D eigenvalue weighted by molar-refractivity contribution is -0.138. The van der Waals surface area contributed by atoms with Crippen LogP contribution in [0.2, 0.25) is 0 Å². The largest absolute Gasteiger partial charge is 0.490 e. The third-order valence-electron chi connectivity index (χ3n) is 2.54. The van der Waals surface area contributed by atoms with Crippen LogP contribution < -0.4 is 9.47 Å². The van der Waals surface area contributed by atoms with E-state index in [2.05, 4.69) is 10.0 Å². The molecule has 124 valence electrons. The minimum Gasteiger partial charge on any atom is -0.490 e. The second-order valence-electron chi connectivity index (χ2n) is 4.13. The number of hydrogen-bond donors (Lipinski definition) is 0. The molecule has 1 aromatic carbocycles. The summed E-state index contributed by atoms with van der Waals surface area (Å²) in [5.74, 6) is 0.303. The zero-order chi connectivity index (χ0) is 17.1. The SMILES string of the molecule is CCOC(=O)/C(=C/c1ccc(OCOC)c(OCC)c1)N=[N+]=[N-]. The van der Waals surface area contributed by atoms with Gasteiger partial charge in [-0.1, -0.05) is 11.2 Å². The molecule has 0 saturated carbocycles. The van der Waals surface area contributed by atoms with Gasteiger partial charge < -0.3 is 18.9 Å². The highest BCUT2D eigenvalue weighted by molar-refractivity contribution is 5.93. The fraction of sp³-hybridized carbons (Fsp3) is 0.400. The quantitative estimate of drug-likeness (QED) is 0.173. The van der Waals surface area contributed by atoms with Gasteiger partial charge in [0.2, 0.25) is 0 Å². The Balaban J connectivity index is 3.14. The van der Waals surface area contributed by atoms with Crippen molar-refractivity contribution in [3.63, 3.8) is 0 Å². The molecule has 1 rings (SSSR count). The third-order valence-corrected chi connectivity index (χ3v) is 2.54. The molecule has 0 unspecified atom stereocenters. The van der Waals surface area contributed by atoms with Gasteiger partial charge in [-0.3, -0.25) is 0 Å². The Labute approximate surface area is 134 Å². The van der Waals surface area contributed by atoms with Crippen molar-refractivity contribution < 1.29 is 23.7 Å². The van der Waals surface area contributed by atoms with Crippen LogP contribution in [0.3, 0.4) is 0 Å². The van der Waals surface area contributed by atoms with Crippen molar-refractivity contribution in [2.45, 2.75) is 13.8 Å². The molecule has 23 heavy (non-hydrogen) atoms. The first kappa shape index (κ1) is 18.3. The predicted octanol–water partition coefficient (Wildman–Crippen LogP) is 3.28. The maximum Gasteiger partial charge on any atom is 0.340 e. The molecule has 0 aromatic heterocycles. The summed E-state index contributed by atoms with van der Waals surface area (Å²) in [5, 5.41) is 3.36. The highest BCUT2D eigenvalue weighted by Gasteiger charge is 2.11. The molecule has 0 aliphatic rings. The first-order chi connectivity index (χ1) is 11.2. The van der Waals surface area contributed by atoms with Crippen molar-refractivity contribution in [3.8, 4) is 11.5 Å². The molecule has 0 fully saturated rings. The van der Waals surface area contributed by atoms with Crippen molar-refractivity contribution in [2.24, 2.45) is 5.11 Å². The number of nitrogens with zero attached hydrogens (tertiary/aromatic N) is 3. The molecule has 8 nitrogen and oxygen atoms in total. The van der Waals surface area contributed by atoms with Gasteiger partial charge in [-0.05, 0) is 43.2 Å². The van der Waals surface area contributed by atoms with Crippen LogP contribution in [-0.4, -0.2) is 33.1 Å². The van der Waals surface area contributed by atoms with E-state index in [0.29, 0.717) is 23.7 Å². The summed E-state index contributed by atoms with van der Waals surface area (Å²) in [6.07, 6.45) is 1.42. The van der Waals surface area contributed by atoms with Crippen molar-refractivity contribution in [2.75, 3.05) is 27.1 Å². The predicted molar refractivity (Wildman–Crippen MR) is 83.9 cm³/mol. The highest BCUT2D eigenvalue weighted by Crippen LogP contribution is 2.29. The van der Waals surface area contributed by atoms with Crippen LogP contribution in [-0.2, 0) is 14.3 Å². The van der Waals surface area contributed by atoms with E-state index in [1.54, 1.807) is 25.1 Å². The van der Waals surface area contributed by atoms with E-state index >= 15 is 0 Å². The number of carbonyl (C=O) groups is 1. The van der Waals surface area contributed by atoms with Crippen molar-refractivity contribution >= 4 is 12.0 Å². The van der Waals surface area contributed by atoms with Crippen molar-refractivity contribution in [3.05, 3.63) is 39.9 Å². The standard InChI is InChI=1S/C15H19N3O5/c1-4-21-14-9-11(6-7-13(14)23-10-20-3)8-12(17-18-16)15(19)22-5-2/h6-9H,4-5,10H2,1-3H3/b12-8-. The van der Waals surface area contributed by atoms with Gasteiger partial charge in [0.25, 0.3) is 0 Å². The molecule has 0 saturated heterocycles. The fourth-order valence-electron chi connectivity index (χ4n) is 1.66. The Morgan fingerprint density at radius 3 is 2.65 bits per heavy atom. The van der Waals surface area contributed by atoms with Crippen LogP contribution in [0.4, 0.5) is 0 Å². The molecule has 0 radical (unpaired) electrons. The van der Waals surface area contributed by atoms with Crippen LogP contribution in [0.25, 0.3) is 16.5 Å². The number of azide groups is 1. The molecular weight excluding hydrogens is 302 g/mol. The van der Waals surface area contributed by atoms with Crippen molar-refractivity contribution in [1.29, 1.82) is 0 Å². The van der Waals surface area contributed by atoms with Crippen LogP contribution >= 0.6 is 0 Å². The second-order valence-corrected chi connectivity index (χ2v) is 4.13. The summed E-state index contributed by atoms with van der Waals surface area (Å²) >= 11 is 0. The summed E-state index contributed by atoms with van der Waals surface area (Å²) in [6.45, 7) is 4.22. The van der Waals surface area contributed by atoms with Crippen LogP contribution in [0.5, 0.6) is 11.5 Å². The maximum atomic E-state index is 11.7. The van der Waals surface area contributed by atoms with Gasteiger partial charge in [-0.15, -0.1) is 0 Å². The molecule has 0 bridgehead atoms. The third kappa shape index (κ3) is 5.90. The summed E-state index contributed by atoms with van der Waals surface area (Å²) in [7, 11) is 1.52. The zero-order valence-corrected chi connectivity index (χ0v) is 13.3. The number of rotatable bonds is 9. The number of ether oxygens (including phenoxy) is 4. The zero-order valence-electron chi connectivity index (χ0n) is 13.3. The van der Waals surface area contributed by atoms with Gasteiger partial charge in [-0.25, -0.2) is 4.79 Å². The lowest BCUT2D eigenvalue weighted by Crippen LogP contribution is -2.05. The summed E-state index contributed by atoms with van der Waals surface area (Å²) in [5.41, 5.74) is 9.03. The molecule has 0 spiro atoms. The van der Waals surface area contributed by atoms with Crippen LogP contribution in [0.1, 0.15) is 19.4 Å². The van der Waals surface area contributed by atoms with Gasteiger partial charge in [0.1, 0.15) is 5.70 Å². The molecule has 8 heteroatoms. The normalized spacial score (nSPS) is 10.7. The Bertz CT molecular complexity index is 609. The van der Waals surface area contributed by atoms with E-state index in [-0.39, 0.29) is 19.1 Å². The molecule has 0 aliphatic carbocycles. The topological polar surface area (TPSA) is 103 Å². The van der Waals surface area contributed by atoms with Crippen LogP contribution in [0, 0.1) is 0 Å². The van der Waals surface area contributed by atoms with Gasteiger partial charge in [-0.2, -0.15) is 0 Å². The molecule has 1 aromatic rings. The Morgan fingerprint density at radius 1 is 1.26 bits per heavy atom. The number of hydrogen-bond acceptors (Lipinski definition) is 6. The monoisotopic (exact) mass is 321 g/mol. The average molecular weight is 321 g/mol. The first-order valence-corrected chi connectivity index (χ1v) is 6.98. The van der Waals surface area contributed by atoms with E-state index in [4.69, 9.17) is 24.5 Å². The minimum absolute atomic E-state index is 0.0854. The van der Waals surface area contributed by atoms with E-state index in [0.717, 1.165) is 0 Å². The molecule has 0 aliphatic heterocycles. The van der Waals surface area contributed by atoms with E-state index in [1.807, 2.05) is 6.92 Å². The molecule has 0 amide bonds. The number of benzene rings is 1. The van der Waals surface area contributed by atoms with Gasteiger partial charge >= 0.3 is 5.97 Å². The Morgan fingerprint density at radius 2 is 2.04 bits per heavy atom. The number of methoxy groups -OCH3 is 1. The lowest BCUT2D eigenvalue weighted by Gasteiger charge is -2.12. The number of esters is 1. The summed E-state index contributed by atoms with van der Waals surface area (Å²) in [4.78, 5) is 14.4. The molecular formula is C15H19N3O5. The van der Waals surface area contributed by atoms with E-state index in [9.17, 15) is 4.79 Å². The summed E-state index contributed by atoms with van der Waals surface area (Å²) < 4.78 is 20.6. The van der Waals surface area contributed by atoms with E-state index < -0.39 is 5.97 Å². The molecule has 0 N–H and O–H groups in total. The minimum atomic E-state index is -0.692. The fourth-order valence-corrected chi connectivity index (χ4v) is 1.66. The Kier molecular flexibility index (Phi) is 8.06. The molecule has 0 atom stereocenters. The smallest absolute Gasteiger partial charge is 0.340 e. The van der Waals surface area contributed by atoms with Crippen LogP contribution in [0.15, 0.2) is 29.0 Å². The lowest BCUT2D eigenvalue weighted by atomic mass is 10.1. The van der Waals surface area contributed by atoms with Gasteiger partial charge in [0.05, 0.1) is 13.2 Å². The molecule has 0 heterocycles. The number of carbonyl (C=O) groups excluding carboxylic acids is 1. The summed E-state index contributed by atoms with van der Waals surface area (Å²) in [6, 6.07) is 5.04. The van der Waals surface area contributed by atoms with Gasteiger partial charge in [0.15, 0.2) is 18.3 Å². The maximum absolute atomic E-state index is 11.7. The second kappa shape index (κ2) is 10.1. The van der Waals surface area contributed by atoms with Crippen molar-refractivity contribution in [1.82, 2.24) is 0 Å². The van der Waals surface area contributed by atoms with E-state index in [1.165, 1.54) is 13.2 Å². The van der Waals surface area contributed by atoms with Gasteiger partial charge in [0, 0.05) is 12.0 Å². The highest BCUT2D eigenvalue weighted by atomic mass is 16.7.